The second kappa shape index (κ2) is 4.64. The smallest absolute Gasteiger partial charge is 0.263 e. The molecular formula is C12H12N2O4S2. The summed E-state index contributed by atoms with van der Waals surface area (Å²) < 4.78 is 37.4. The maximum Gasteiger partial charge on any atom is 0.263 e. The maximum absolute atomic E-state index is 12.3. The molecule has 0 saturated heterocycles. The van der Waals surface area contributed by atoms with Gasteiger partial charge in [0.05, 0.1) is 10.6 Å². The Morgan fingerprint density at radius 3 is 2.70 bits per heavy atom. The Balaban J connectivity index is 1.92. The van der Waals surface area contributed by atoms with Crippen LogP contribution >= 0.6 is 11.3 Å². The fourth-order valence-corrected chi connectivity index (χ4v) is 3.80. The van der Waals surface area contributed by atoms with E-state index >= 15 is 0 Å². The maximum atomic E-state index is 12.3. The van der Waals surface area contributed by atoms with Gasteiger partial charge >= 0.3 is 0 Å². The summed E-state index contributed by atoms with van der Waals surface area (Å²) in [5.74, 6) is 0.976. The summed E-state index contributed by atoms with van der Waals surface area (Å²) in [4.78, 5) is 5.26. The van der Waals surface area contributed by atoms with E-state index in [4.69, 9.17) is 9.47 Å². The molecule has 0 atom stereocenters. The molecule has 6 nitrogen and oxygen atoms in total. The van der Waals surface area contributed by atoms with Crippen LogP contribution in [0.2, 0.25) is 0 Å². The Morgan fingerprint density at radius 2 is 2.00 bits per heavy atom. The first kappa shape index (κ1) is 13.2. The predicted molar refractivity (Wildman–Crippen MR) is 75.0 cm³/mol. The molecule has 0 spiro atoms. The van der Waals surface area contributed by atoms with Crippen molar-refractivity contribution in [1.82, 2.24) is 4.98 Å². The summed E-state index contributed by atoms with van der Waals surface area (Å²) in [5.41, 5.74) is 0.818. The topological polar surface area (TPSA) is 77.5 Å². The van der Waals surface area contributed by atoms with Gasteiger partial charge in [0.15, 0.2) is 16.6 Å². The molecule has 1 aliphatic rings. The Kier molecular flexibility index (Phi) is 3.06. The minimum Gasteiger partial charge on any atom is -0.454 e. The van der Waals surface area contributed by atoms with Crippen molar-refractivity contribution < 1.29 is 17.9 Å². The standard InChI is InChI=1S/C12H12N2O4S2/c1-7-8(2)19-12(13-7)14-20(15,16)9-3-4-10-11(5-9)18-6-17-10/h3-5H,6H2,1-2H3,(H,13,14). The molecule has 106 valence electrons. The van der Waals surface area contributed by atoms with Crippen LogP contribution in [0.3, 0.4) is 0 Å². The number of fused-ring (bicyclic) bond motifs is 1. The van der Waals surface area contributed by atoms with E-state index in [1.54, 1.807) is 6.07 Å². The number of hydrogen-bond acceptors (Lipinski definition) is 6. The lowest BCUT2D eigenvalue weighted by Gasteiger charge is -2.05. The van der Waals surface area contributed by atoms with Gasteiger partial charge in [-0.3, -0.25) is 4.72 Å². The van der Waals surface area contributed by atoms with Gasteiger partial charge in [-0.05, 0) is 26.0 Å². The van der Waals surface area contributed by atoms with Crippen LogP contribution in [0, 0.1) is 13.8 Å². The van der Waals surface area contributed by atoms with Gasteiger partial charge in [-0.2, -0.15) is 0 Å². The molecule has 1 aliphatic heterocycles. The van der Waals surface area contributed by atoms with Gasteiger partial charge in [-0.15, -0.1) is 11.3 Å². The molecule has 0 bridgehead atoms. The first-order chi connectivity index (χ1) is 9.45. The third kappa shape index (κ3) is 2.32. The number of aryl methyl sites for hydroxylation is 2. The van der Waals surface area contributed by atoms with E-state index in [0.717, 1.165) is 10.6 Å². The highest BCUT2D eigenvalue weighted by atomic mass is 32.2. The lowest BCUT2D eigenvalue weighted by atomic mass is 10.3. The molecule has 2 heterocycles. The zero-order valence-electron chi connectivity index (χ0n) is 10.8. The van der Waals surface area contributed by atoms with Crippen molar-refractivity contribution in [2.24, 2.45) is 0 Å². The fourth-order valence-electron chi connectivity index (χ4n) is 1.73. The summed E-state index contributed by atoms with van der Waals surface area (Å²) in [7, 11) is -3.68. The third-order valence-corrected chi connectivity index (χ3v) is 5.36. The van der Waals surface area contributed by atoms with Crippen LogP contribution in [0.4, 0.5) is 5.13 Å². The average molecular weight is 312 g/mol. The van der Waals surface area contributed by atoms with Crippen LogP contribution in [0.25, 0.3) is 0 Å². The Morgan fingerprint density at radius 1 is 1.25 bits per heavy atom. The molecule has 0 saturated carbocycles. The Hall–Kier alpha value is -1.80. The lowest BCUT2D eigenvalue weighted by Crippen LogP contribution is -2.12. The molecule has 1 aromatic carbocycles. The highest BCUT2D eigenvalue weighted by Crippen LogP contribution is 2.34. The molecule has 1 aromatic heterocycles. The molecular weight excluding hydrogens is 300 g/mol. The molecule has 0 amide bonds. The van der Waals surface area contributed by atoms with E-state index in [9.17, 15) is 8.42 Å². The third-order valence-electron chi connectivity index (χ3n) is 2.90. The van der Waals surface area contributed by atoms with Crippen molar-refractivity contribution in [3.8, 4) is 11.5 Å². The van der Waals surface area contributed by atoms with Crippen molar-refractivity contribution in [2.45, 2.75) is 18.7 Å². The number of anilines is 1. The number of sulfonamides is 1. The number of thiazole rings is 1. The van der Waals surface area contributed by atoms with E-state index < -0.39 is 10.0 Å². The van der Waals surface area contributed by atoms with Crippen LogP contribution in [0.5, 0.6) is 11.5 Å². The molecule has 0 fully saturated rings. The lowest BCUT2D eigenvalue weighted by molar-refractivity contribution is 0.174. The summed E-state index contributed by atoms with van der Waals surface area (Å²) in [5, 5.41) is 0.359. The zero-order valence-corrected chi connectivity index (χ0v) is 12.5. The van der Waals surface area contributed by atoms with E-state index in [2.05, 4.69) is 9.71 Å². The van der Waals surface area contributed by atoms with Crippen LogP contribution in [-0.4, -0.2) is 20.2 Å². The van der Waals surface area contributed by atoms with E-state index in [1.165, 1.54) is 23.5 Å². The minimum atomic E-state index is -3.68. The van der Waals surface area contributed by atoms with E-state index in [-0.39, 0.29) is 11.7 Å². The van der Waals surface area contributed by atoms with Gasteiger partial charge in [0.25, 0.3) is 10.0 Å². The number of ether oxygens (including phenoxy) is 2. The van der Waals surface area contributed by atoms with Crippen molar-refractivity contribution in [2.75, 3.05) is 11.5 Å². The molecule has 0 radical (unpaired) electrons. The van der Waals surface area contributed by atoms with Crippen molar-refractivity contribution in [3.63, 3.8) is 0 Å². The average Bonchev–Trinajstić information content (AvgIpc) is 2.95. The van der Waals surface area contributed by atoms with Crippen molar-refractivity contribution >= 4 is 26.5 Å². The second-order valence-corrected chi connectivity index (χ2v) is 7.17. The number of nitrogens with zero attached hydrogens (tertiary/aromatic N) is 1. The minimum absolute atomic E-state index is 0.108. The quantitative estimate of drug-likeness (QED) is 0.941. The summed E-state index contributed by atoms with van der Waals surface area (Å²) in [6.45, 7) is 3.84. The molecule has 2 aromatic rings. The Bertz CT molecular complexity index is 748. The monoisotopic (exact) mass is 312 g/mol. The molecule has 8 heteroatoms. The van der Waals surface area contributed by atoms with Crippen molar-refractivity contribution in [3.05, 3.63) is 28.8 Å². The molecule has 0 aliphatic carbocycles. The second-order valence-electron chi connectivity index (χ2n) is 4.28. The largest absolute Gasteiger partial charge is 0.454 e. The Labute approximate surface area is 120 Å². The van der Waals surface area contributed by atoms with Crippen LogP contribution in [0.1, 0.15) is 10.6 Å². The van der Waals surface area contributed by atoms with Gasteiger partial charge in [-0.1, -0.05) is 0 Å². The highest BCUT2D eigenvalue weighted by molar-refractivity contribution is 7.93. The predicted octanol–water partition coefficient (Wildman–Crippen LogP) is 2.29. The zero-order chi connectivity index (χ0) is 14.3. The van der Waals surface area contributed by atoms with Gasteiger partial charge in [-0.25, -0.2) is 13.4 Å². The van der Waals surface area contributed by atoms with Gasteiger partial charge in [0.1, 0.15) is 0 Å². The summed E-state index contributed by atoms with van der Waals surface area (Å²) in [6.07, 6.45) is 0. The van der Waals surface area contributed by atoms with Gasteiger partial charge in [0, 0.05) is 10.9 Å². The van der Waals surface area contributed by atoms with Crippen molar-refractivity contribution in [1.29, 1.82) is 0 Å². The first-order valence-electron chi connectivity index (χ1n) is 5.82. The van der Waals surface area contributed by atoms with E-state index in [0.29, 0.717) is 16.6 Å². The van der Waals surface area contributed by atoms with Gasteiger partial charge in [0.2, 0.25) is 6.79 Å². The number of benzene rings is 1. The highest BCUT2D eigenvalue weighted by Gasteiger charge is 2.21. The van der Waals surface area contributed by atoms with Gasteiger partial charge < -0.3 is 9.47 Å². The van der Waals surface area contributed by atoms with E-state index in [1.807, 2.05) is 13.8 Å². The molecule has 20 heavy (non-hydrogen) atoms. The SMILES string of the molecule is Cc1nc(NS(=O)(=O)c2ccc3c(c2)OCO3)sc1C. The summed E-state index contributed by atoms with van der Waals surface area (Å²) >= 11 is 1.30. The first-order valence-corrected chi connectivity index (χ1v) is 8.12. The number of hydrogen-bond donors (Lipinski definition) is 1. The number of rotatable bonds is 3. The molecule has 1 N–H and O–H groups in total. The van der Waals surface area contributed by atoms with Crippen LogP contribution < -0.4 is 14.2 Å². The normalized spacial score (nSPS) is 13.5. The van der Waals surface area contributed by atoms with Crippen LogP contribution in [-0.2, 0) is 10.0 Å². The number of aromatic nitrogens is 1. The molecule has 0 unspecified atom stereocenters. The van der Waals surface area contributed by atoms with Crippen LogP contribution in [0.15, 0.2) is 23.1 Å². The number of nitrogens with one attached hydrogen (secondary N) is 1. The molecule has 3 rings (SSSR count). The summed E-state index contributed by atoms with van der Waals surface area (Å²) in [6, 6.07) is 4.50. The fraction of sp³-hybridized carbons (Fsp3) is 0.250.